The molecule has 0 radical (unpaired) electrons. The normalized spacial score (nSPS) is 10.4. The molecular weight excluding hydrogens is 452 g/mol. The summed E-state index contributed by atoms with van der Waals surface area (Å²) in [5, 5.41) is 0. The number of carbonyl (C=O) groups is 2. The Balaban J connectivity index is 1.31. The number of benzene rings is 4. The first kappa shape index (κ1) is 24.7. The van der Waals surface area contributed by atoms with Gasteiger partial charge in [0.05, 0.1) is 18.8 Å². The Morgan fingerprint density at radius 3 is 2.03 bits per heavy atom. The average Bonchev–Trinajstić information content (AvgIpc) is 2.92. The van der Waals surface area contributed by atoms with E-state index in [9.17, 15) is 9.59 Å². The van der Waals surface area contributed by atoms with E-state index in [-0.39, 0.29) is 5.75 Å². The fraction of sp³-hybridized carbons (Fsp3) is 0.161. The molecule has 0 aliphatic rings. The van der Waals surface area contributed by atoms with E-state index in [2.05, 4.69) is 0 Å². The van der Waals surface area contributed by atoms with Crippen molar-refractivity contribution in [2.45, 2.75) is 19.3 Å². The summed E-state index contributed by atoms with van der Waals surface area (Å²) in [5.74, 6) is -0.297. The highest BCUT2D eigenvalue weighted by Crippen LogP contribution is 2.22. The lowest BCUT2D eigenvalue weighted by Gasteiger charge is -2.12. The molecule has 0 bridgehead atoms. The second kappa shape index (κ2) is 12.9. The van der Waals surface area contributed by atoms with Crippen molar-refractivity contribution >= 4 is 11.9 Å². The largest absolute Gasteiger partial charge is 0.492 e. The van der Waals surface area contributed by atoms with E-state index in [0.29, 0.717) is 30.1 Å². The van der Waals surface area contributed by atoms with Crippen LogP contribution in [0, 0.1) is 0 Å². The van der Waals surface area contributed by atoms with E-state index in [0.717, 1.165) is 24.8 Å². The Morgan fingerprint density at radius 1 is 0.611 bits per heavy atom. The van der Waals surface area contributed by atoms with Crippen LogP contribution in [0.1, 0.15) is 38.3 Å². The molecule has 0 N–H and O–H groups in total. The van der Waals surface area contributed by atoms with Crippen LogP contribution in [0.3, 0.4) is 0 Å². The first-order valence-corrected chi connectivity index (χ1v) is 12.0. The van der Waals surface area contributed by atoms with Gasteiger partial charge in [-0.3, -0.25) is 0 Å². The van der Waals surface area contributed by atoms with Crippen molar-refractivity contribution in [3.05, 3.63) is 131 Å². The SMILES string of the molecule is O=C(OCCCc1ccccc1)c1cccc(OC(=O)c2ccccc2OCCc2ccccc2)c1. The summed E-state index contributed by atoms with van der Waals surface area (Å²) < 4.78 is 16.8. The summed E-state index contributed by atoms with van der Waals surface area (Å²) in [6.07, 6.45) is 2.28. The summed E-state index contributed by atoms with van der Waals surface area (Å²) in [4.78, 5) is 25.3. The molecule has 36 heavy (non-hydrogen) atoms. The second-order valence-corrected chi connectivity index (χ2v) is 8.22. The minimum absolute atomic E-state index is 0.262. The molecule has 0 saturated carbocycles. The highest BCUT2D eigenvalue weighted by molar-refractivity contribution is 5.94. The fourth-order valence-electron chi connectivity index (χ4n) is 3.70. The molecule has 0 saturated heterocycles. The first-order chi connectivity index (χ1) is 17.7. The van der Waals surface area contributed by atoms with Gasteiger partial charge in [-0.05, 0) is 54.3 Å². The van der Waals surface area contributed by atoms with E-state index < -0.39 is 11.9 Å². The van der Waals surface area contributed by atoms with Gasteiger partial charge in [-0.2, -0.15) is 0 Å². The number of esters is 2. The Morgan fingerprint density at radius 2 is 1.28 bits per heavy atom. The predicted molar refractivity (Wildman–Crippen MR) is 139 cm³/mol. The highest BCUT2D eigenvalue weighted by Gasteiger charge is 2.16. The summed E-state index contributed by atoms with van der Waals surface area (Å²) in [6.45, 7) is 0.741. The minimum atomic E-state index is -0.557. The Bertz CT molecular complexity index is 1270. The van der Waals surface area contributed by atoms with Gasteiger partial charge in [0.25, 0.3) is 0 Å². The number of hydrogen-bond donors (Lipinski definition) is 0. The topological polar surface area (TPSA) is 61.8 Å². The van der Waals surface area contributed by atoms with Crippen LogP contribution in [-0.4, -0.2) is 25.2 Å². The van der Waals surface area contributed by atoms with Gasteiger partial charge in [-0.1, -0.05) is 78.9 Å². The molecule has 4 aromatic rings. The molecule has 182 valence electrons. The molecule has 0 aromatic heterocycles. The van der Waals surface area contributed by atoms with Crippen LogP contribution in [0.2, 0.25) is 0 Å². The van der Waals surface area contributed by atoms with Crippen molar-refractivity contribution in [2.24, 2.45) is 0 Å². The van der Waals surface area contributed by atoms with Gasteiger partial charge >= 0.3 is 11.9 Å². The molecule has 0 fully saturated rings. The van der Waals surface area contributed by atoms with Gasteiger partial charge in [0.2, 0.25) is 0 Å². The maximum atomic E-state index is 12.9. The highest BCUT2D eigenvalue weighted by atomic mass is 16.5. The van der Waals surface area contributed by atoms with Crippen LogP contribution in [0.4, 0.5) is 0 Å². The summed E-state index contributed by atoms with van der Waals surface area (Å²) >= 11 is 0. The van der Waals surface area contributed by atoms with E-state index in [1.165, 1.54) is 11.6 Å². The minimum Gasteiger partial charge on any atom is -0.492 e. The van der Waals surface area contributed by atoms with Crippen LogP contribution < -0.4 is 9.47 Å². The third-order valence-electron chi connectivity index (χ3n) is 5.56. The zero-order valence-electron chi connectivity index (χ0n) is 20.0. The summed E-state index contributed by atoms with van der Waals surface area (Å²) in [7, 11) is 0. The van der Waals surface area contributed by atoms with Gasteiger partial charge in [0, 0.05) is 6.42 Å². The fourth-order valence-corrected chi connectivity index (χ4v) is 3.70. The molecule has 0 heterocycles. The van der Waals surface area contributed by atoms with Crippen molar-refractivity contribution in [3.63, 3.8) is 0 Å². The van der Waals surface area contributed by atoms with E-state index in [1.807, 2.05) is 66.7 Å². The van der Waals surface area contributed by atoms with Crippen LogP contribution in [0.15, 0.2) is 109 Å². The van der Waals surface area contributed by atoms with E-state index in [1.54, 1.807) is 36.4 Å². The molecule has 0 amide bonds. The summed E-state index contributed by atoms with van der Waals surface area (Å²) in [6, 6.07) is 33.4. The van der Waals surface area contributed by atoms with Gasteiger partial charge < -0.3 is 14.2 Å². The van der Waals surface area contributed by atoms with Crippen molar-refractivity contribution in [1.29, 1.82) is 0 Å². The number of ether oxygens (including phenoxy) is 3. The standard InChI is InChI=1S/C31H28O5/c32-30(35-21-10-15-24-11-3-1-4-12-24)26-16-9-17-27(23-26)36-31(33)28-18-7-8-19-29(28)34-22-20-25-13-5-2-6-14-25/h1-9,11-14,16-19,23H,10,15,20-22H2. The zero-order valence-corrected chi connectivity index (χ0v) is 20.0. The van der Waals surface area contributed by atoms with Crippen LogP contribution >= 0.6 is 0 Å². The molecule has 0 unspecified atom stereocenters. The molecule has 0 atom stereocenters. The molecule has 4 aromatic carbocycles. The monoisotopic (exact) mass is 480 g/mol. The second-order valence-electron chi connectivity index (χ2n) is 8.22. The Hall–Kier alpha value is -4.38. The molecule has 0 spiro atoms. The van der Waals surface area contributed by atoms with E-state index >= 15 is 0 Å². The number of para-hydroxylation sites is 1. The van der Waals surface area contributed by atoms with Crippen molar-refractivity contribution in [1.82, 2.24) is 0 Å². The molecular formula is C31H28O5. The molecule has 5 nitrogen and oxygen atoms in total. The van der Waals surface area contributed by atoms with Crippen LogP contribution in [-0.2, 0) is 17.6 Å². The maximum Gasteiger partial charge on any atom is 0.347 e. The van der Waals surface area contributed by atoms with Gasteiger partial charge in [-0.25, -0.2) is 9.59 Å². The average molecular weight is 481 g/mol. The molecule has 5 heteroatoms. The summed E-state index contributed by atoms with van der Waals surface area (Å²) in [5.41, 5.74) is 3.00. The number of rotatable bonds is 11. The van der Waals surface area contributed by atoms with Crippen molar-refractivity contribution in [2.75, 3.05) is 13.2 Å². The lowest BCUT2D eigenvalue weighted by atomic mass is 10.1. The predicted octanol–water partition coefficient (Wildman–Crippen LogP) is 6.32. The molecule has 0 aliphatic carbocycles. The van der Waals surface area contributed by atoms with Crippen molar-refractivity contribution < 1.29 is 23.8 Å². The lowest BCUT2D eigenvalue weighted by molar-refractivity contribution is 0.0498. The lowest BCUT2D eigenvalue weighted by Crippen LogP contribution is -2.12. The van der Waals surface area contributed by atoms with Gasteiger partial charge in [-0.15, -0.1) is 0 Å². The quantitative estimate of drug-likeness (QED) is 0.143. The third kappa shape index (κ3) is 7.31. The first-order valence-electron chi connectivity index (χ1n) is 12.0. The molecule has 0 aliphatic heterocycles. The zero-order chi connectivity index (χ0) is 25.0. The maximum absolute atomic E-state index is 12.9. The van der Waals surface area contributed by atoms with Crippen LogP contribution in [0.5, 0.6) is 11.5 Å². The number of hydrogen-bond acceptors (Lipinski definition) is 5. The Kier molecular flexibility index (Phi) is 8.87. The number of carbonyl (C=O) groups excluding carboxylic acids is 2. The van der Waals surface area contributed by atoms with Gasteiger partial charge in [0.1, 0.15) is 17.1 Å². The smallest absolute Gasteiger partial charge is 0.347 e. The molecule has 4 rings (SSSR count). The van der Waals surface area contributed by atoms with Crippen molar-refractivity contribution in [3.8, 4) is 11.5 Å². The van der Waals surface area contributed by atoms with E-state index in [4.69, 9.17) is 14.2 Å². The van der Waals surface area contributed by atoms with Crippen LogP contribution in [0.25, 0.3) is 0 Å². The Labute approximate surface area is 211 Å². The number of aryl methyl sites for hydroxylation is 1. The van der Waals surface area contributed by atoms with Gasteiger partial charge in [0.15, 0.2) is 0 Å². The third-order valence-corrected chi connectivity index (χ3v) is 5.56.